The number of nitrogens with zero attached hydrogens (tertiary/aromatic N) is 3. The molecule has 1 aliphatic heterocycles. The number of benzene rings is 2. The van der Waals surface area contributed by atoms with Gasteiger partial charge in [-0.05, 0) is 43.7 Å². The number of aromatic hydroxyl groups is 1. The quantitative estimate of drug-likeness (QED) is 0.246. The maximum absolute atomic E-state index is 13.8. The van der Waals surface area contributed by atoms with Gasteiger partial charge in [0.15, 0.2) is 16.3 Å². The van der Waals surface area contributed by atoms with Crippen LogP contribution in [0.2, 0.25) is 0 Å². The summed E-state index contributed by atoms with van der Waals surface area (Å²) >= 11 is 4.22. The summed E-state index contributed by atoms with van der Waals surface area (Å²) in [5, 5.41) is 21.8. The van der Waals surface area contributed by atoms with Crippen LogP contribution in [0.25, 0.3) is 6.08 Å². The zero-order valence-corrected chi connectivity index (χ0v) is 23.1. The highest BCUT2D eigenvalue weighted by Gasteiger charge is 2.34. The average molecular weight is 604 g/mol. The third-order valence-corrected chi connectivity index (χ3v) is 7.25. The molecule has 0 radical (unpaired) electrons. The van der Waals surface area contributed by atoms with Gasteiger partial charge >= 0.3 is 11.7 Å². The minimum atomic E-state index is -0.905. The molecule has 0 spiro atoms. The molecule has 38 heavy (non-hydrogen) atoms. The smallest absolute Gasteiger partial charge is 0.338 e. The number of carbonyl (C=O) groups is 1. The van der Waals surface area contributed by atoms with Crippen LogP contribution in [0.1, 0.15) is 31.0 Å². The monoisotopic (exact) mass is 603 g/mol. The number of phenols is 1. The highest BCUT2D eigenvalue weighted by atomic mass is 79.9. The standard InChI is InChI=1S/C25H22BrN3O8S/c1-5-37-24(32)20-12(2)27-25-28(21(20)13-6-7-17(35-3)18(9-13)36-4)23(31)19(38-25)10-14-8-15(26)11-16(22(14)30)29(33)34/h6-11,21,30H,5H2,1-4H3/b19-10-/t21-/m1/s1. The van der Waals surface area contributed by atoms with E-state index in [1.165, 1.54) is 37.0 Å². The molecule has 4 rings (SSSR count). The van der Waals surface area contributed by atoms with E-state index in [1.807, 2.05) is 0 Å². The number of nitro benzene ring substituents is 1. The van der Waals surface area contributed by atoms with Crippen LogP contribution in [-0.4, -0.2) is 41.4 Å². The molecule has 0 aliphatic carbocycles. The number of fused-ring (bicyclic) bond motifs is 1. The van der Waals surface area contributed by atoms with Crippen molar-refractivity contribution in [2.75, 3.05) is 20.8 Å². The van der Waals surface area contributed by atoms with Crippen molar-refractivity contribution in [1.82, 2.24) is 4.57 Å². The Morgan fingerprint density at radius 1 is 1.26 bits per heavy atom. The van der Waals surface area contributed by atoms with Crippen LogP contribution in [0.5, 0.6) is 17.2 Å². The Kier molecular flexibility index (Phi) is 7.69. The topological polar surface area (TPSA) is 142 Å². The third kappa shape index (κ3) is 4.82. The fourth-order valence-corrected chi connectivity index (χ4v) is 5.63. The molecular formula is C25H22BrN3O8S. The van der Waals surface area contributed by atoms with Gasteiger partial charge in [0.25, 0.3) is 5.56 Å². The number of nitro groups is 1. The zero-order valence-electron chi connectivity index (χ0n) is 20.7. The molecule has 0 unspecified atom stereocenters. The number of thiazole rings is 1. The lowest BCUT2D eigenvalue weighted by molar-refractivity contribution is -0.385. The van der Waals surface area contributed by atoms with Crippen LogP contribution in [-0.2, 0) is 9.53 Å². The van der Waals surface area contributed by atoms with Crippen molar-refractivity contribution in [3.8, 4) is 17.2 Å². The number of phenolic OH excluding ortho intramolecular Hbond substituents is 1. The summed E-state index contributed by atoms with van der Waals surface area (Å²) in [6.45, 7) is 3.46. The Morgan fingerprint density at radius 3 is 2.61 bits per heavy atom. The van der Waals surface area contributed by atoms with Crippen LogP contribution < -0.4 is 24.4 Å². The molecule has 11 nitrogen and oxygen atoms in total. The number of aromatic nitrogens is 1. The second-order valence-corrected chi connectivity index (χ2v) is 9.96. The summed E-state index contributed by atoms with van der Waals surface area (Å²) in [6.07, 6.45) is 1.35. The molecule has 1 N–H and O–H groups in total. The number of ether oxygens (including phenoxy) is 3. The summed E-state index contributed by atoms with van der Waals surface area (Å²) in [5.74, 6) is -0.336. The first-order valence-corrected chi connectivity index (χ1v) is 12.8. The van der Waals surface area contributed by atoms with Gasteiger partial charge in [0, 0.05) is 16.1 Å². The van der Waals surface area contributed by atoms with Gasteiger partial charge in [0.2, 0.25) is 5.75 Å². The predicted octanol–water partition coefficient (Wildman–Crippen LogP) is 3.19. The van der Waals surface area contributed by atoms with E-state index in [2.05, 4.69) is 20.9 Å². The van der Waals surface area contributed by atoms with Gasteiger partial charge in [0.05, 0.1) is 47.6 Å². The van der Waals surface area contributed by atoms with Crippen LogP contribution in [0.3, 0.4) is 0 Å². The van der Waals surface area contributed by atoms with Crippen LogP contribution in [0.4, 0.5) is 5.69 Å². The molecule has 13 heteroatoms. The summed E-state index contributed by atoms with van der Waals surface area (Å²) in [7, 11) is 2.97. The van der Waals surface area contributed by atoms with Crippen molar-refractivity contribution >= 4 is 45.0 Å². The maximum Gasteiger partial charge on any atom is 0.338 e. The number of hydrogen-bond acceptors (Lipinski definition) is 10. The lowest BCUT2D eigenvalue weighted by atomic mass is 9.95. The van der Waals surface area contributed by atoms with E-state index in [9.17, 15) is 24.8 Å². The van der Waals surface area contributed by atoms with Crippen molar-refractivity contribution in [3.63, 3.8) is 0 Å². The van der Waals surface area contributed by atoms with E-state index in [-0.39, 0.29) is 22.3 Å². The second kappa shape index (κ2) is 10.8. The molecule has 0 saturated carbocycles. The number of carbonyl (C=O) groups excluding carboxylic acids is 1. The van der Waals surface area contributed by atoms with E-state index in [0.29, 0.717) is 32.0 Å². The highest BCUT2D eigenvalue weighted by Crippen LogP contribution is 2.36. The number of halogens is 1. The van der Waals surface area contributed by atoms with Crippen LogP contribution >= 0.6 is 27.3 Å². The average Bonchev–Trinajstić information content (AvgIpc) is 3.18. The minimum absolute atomic E-state index is 0.0698. The molecule has 1 atom stereocenters. The number of rotatable bonds is 7. The highest BCUT2D eigenvalue weighted by molar-refractivity contribution is 9.10. The van der Waals surface area contributed by atoms with Crippen molar-refractivity contribution in [2.45, 2.75) is 19.9 Å². The van der Waals surface area contributed by atoms with Crippen molar-refractivity contribution in [1.29, 1.82) is 0 Å². The summed E-state index contributed by atoms with van der Waals surface area (Å²) in [5.41, 5.74) is 0.150. The Hall–Kier alpha value is -3.97. The van der Waals surface area contributed by atoms with Crippen molar-refractivity contribution in [3.05, 3.63) is 87.0 Å². The first-order valence-electron chi connectivity index (χ1n) is 11.2. The normalized spacial score (nSPS) is 15.1. The molecule has 3 aromatic rings. The molecule has 0 bridgehead atoms. The van der Waals surface area contributed by atoms with E-state index in [0.717, 1.165) is 11.3 Å². The molecule has 2 heterocycles. The van der Waals surface area contributed by atoms with Gasteiger partial charge in [-0.3, -0.25) is 19.5 Å². The lowest BCUT2D eigenvalue weighted by Gasteiger charge is -2.25. The molecule has 0 amide bonds. The van der Waals surface area contributed by atoms with Gasteiger partial charge in [-0.15, -0.1) is 0 Å². The van der Waals surface area contributed by atoms with Gasteiger partial charge in [-0.2, -0.15) is 0 Å². The minimum Gasteiger partial charge on any atom is -0.502 e. The first-order chi connectivity index (χ1) is 18.1. The molecule has 198 valence electrons. The van der Waals surface area contributed by atoms with Crippen LogP contribution in [0.15, 0.2) is 55.9 Å². The Bertz CT molecular complexity index is 1670. The fourth-order valence-electron chi connectivity index (χ4n) is 4.13. The van der Waals surface area contributed by atoms with Crippen LogP contribution in [0, 0.1) is 10.1 Å². The number of esters is 1. The van der Waals surface area contributed by atoms with E-state index >= 15 is 0 Å². The SMILES string of the molecule is CCOC(=O)C1=C(C)N=c2s/c(=C\c3cc(Br)cc([N+](=O)[O-])c3O)c(=O)n2[C@@H]1c1ccc(OC)c(OC)c1. The number of hydrogen-bond donors (Lipinski definition) is 1. The molecule has 2 aromatic carbocycles. The van der Waals surface area contributed by atoms with E-state index < -0.39 is 33.9 Å². The first kappa shape index (κ1) is 27.1. The van der Waals surface area contributed by atoms with Crippen molar-refractivity contribution < 1.29 is 29.0 Å². The lowest BCUT2D eigenvalue weighted by Crippen LogP contribution is -2.40. The van der Waals surface area contributed by atoms with Gasteiger partial charge in [-0.1, -0.05) is 33.3 Å². The predicted molar refractivity (Wildman–Crippen MR) is 142 cm³/mol. The third-order valence-electron chi connectivity index (χ3n) is 5.81. The summed E-state index contributed by atoms with van der Waals surface area (Å²) < 4.78 is 17.9. The molecule has 1 aromatic heterocycles. The molecule has 0 saturated heterocycles. The fraction of sp³-hybridized carbons (Fsp3) is 0.240. The maximum atomic E-state index is 13.8. The number of methoxy groups -OCH3 is 2. The van der Waals surface area contributed by atoms with Gasteiger partial charge in [0.1, 0.15) is 0 Å². The van der Waals surface area contributed by atoms with Gasteiger partial charge in [-0.25, -0.2) is 9.79 Å². The van der Waals surface area contributed by atoms with E-state index in [1.54, 1.807) is 32.0 Å². The second-order valence-electron chi connectivity index (χ2n) is 8.04. The Labute approximate surface area is 228 Å². The Balaban J connectivity index is 2.00. The largest absolute Gasteiger partial charge is 0.502 e. The van der Waals surface area contributed by atoms with E-state index in [4.69, 9.17) is 14.2 Å². The zero-order chi connectivity index (χ0) is 27.7. The van der Waals surface area contributed by atoms with Crippen molar-refractivity contribution in [2.24, 2.45) is 4.99 Å². The number of allylic oxidation sites excluding steroid dienone is 1. The summed E-state index contributed by atoms with van der Waals surface area (Å²) in [4.78, 5) is 42.2. The summed E-state index contributed by atoms with van der Waals surface area (Å²) in [6, 6.07) is 6.77. The molecular weight excluding hydrogens is 582 g/mol. The Morgan fingerprint density at radius 2 is 1.97 bits per heavy atom. The van der Waals surface area contributed by atoms with Gasteiger partial charge < -0.3 is 19.3 Å². The molecule has 1 aliphatic rings. The molecule has 0 fully saturated rings.